The molecule has 4 heteroatoms. The fourth-order valence-electron chi connectivity index (χ4n) is 3.95. The lowest BCUT2D eigenvalue weighted by atomic mass is 9.62. The Morgan fingerprint density at radius 2 is 1.95 bits per heavy atom. The average Bonchev–Trinajstić information content (AvgIpc) is 2.43. The number of carbonyl (C=O) groups is 1. The first-order valence-corrected chi connectivity index (χ1v) is 8.14. The van der Waals surface area contributed by atoms with Gasteiger partial charge in [0, 0.05) is 19.2 Å². The number of rotatable bonds is 5. The van der Waals surface area contributed by atoms with E-state index in [0.29, 0.717) is 12.5 Å². The van der Waals surface area contributed by atoms with E-state index in [1.54, 1.807) is 0 Å². The second kappa shape index (κ2) is 6.02. The second-order valence-electron chi connectivity index (χ2n) is 6.90. The Morgan fingerprint density at radius 3 is 2.45 bits per heavy atom. The topological polar surface area (TPSA) is 64.4 Å². The minimum atomic E-state index is -0.293. The molecule has 0 spiro atoms. The van der Waals surface area contributed by atoms with E-state index < -0.39 is 0 Å². The summed E-state index contributed by atoms with van der Waals surface area (Å²) in [4.78, 5) is 12.5. The molecule has 0 bridgehead atoms. The van der Waals surface area contributed by atoms with Crippen LogP contribution in [0.2, 0.25) is 0 Å². The van der Waals surface area contributed by atoms with E-state index in [1.165, 1.54) is 0 Å². The zero-order chi connectivity index (χ0) is 14.8. The maximum atomic E-state index is 12.5. The maximum Gasteiger partial charge on any atom is 0.227 e. The van der Waals surface area contributed by atoms with Crippen molar-refractivity contribution in [2.24, 2.45) is 17.1 Å². The molecule has 1 unspecified atom stereocenters. The molecule has 0 aromatic heterocycles. The maximum absolute atomic E-state index is 12.5. The molecule has 4 nitrogen and oxygen atoms in total. The molecule has 1 heterocycles. The summed E-state index contributed by atoms with van der Waals surface area (Å²) in [6, 6.07) is 0.246. The number of hydrogen-bond acceptors (Lipinski definition) is 3. The Morgan fingerprint density at radius 1 is 1.30 bits per heavy atom. The van der Waals surface area contributed by atoms with E-state index in [-0.39, 0.29) is 23.0 Å². The molecule has 1 aliphatic heterocycles. The molecule has 3 N–H and O–H groups in total. The lowest BCUT2D eigenvalue weighted by Gasteiger charge is -2.46. The molecule has 1 saturated heterocycles. The highest BCUT2D eigenvalue weighted by Gasteiger charge is 2.48. The van der Waals surface area contributed by atoms with Crippen molar-refractivity contribution in [3.63, 3.8) is 0 Å². The first-order valence-electron chi connectivity index (χ1n) is 8.14. The Balaban J connectivity index is 1.94. The van der Waals surface area contributed by atoms with Crippen LogP contribution in [0.25, 0.3) is 0 Å². The first kappa shape index (κ1) is 15.8. The van der Waals surface area contributed by atoms with Crippen LogP contribution in [0.15, 0.2) is 0 Å². The SMILES string of the molecule is CCC1(CC)CC(NC(=O)C2(CN)CC(C)C2)CCO1. The van der Waals surface area contributed by atoms with Gasteiger partial charge in [-0.3, -0.25) is 4.79 Å². The normalized spacial score (nSPS) is 36.2. The molecule has 1 atom stereocenters. The third-order valence-electron chi connectivity index (χ3n) is 5.47. The fourth-order valence-corrected chi connectivity index (χ4v) is 3.95. The monoisotopic (exact) mass is 282 g/mol. The van der Waals surface area contributed by atoms with Crippen molar-refractivity contribution in [1.29, 1.82) is 0 Å². The van der Waals surface area contributed by atoms with Crippen LogP contribution in [0.5, 0.6) is 0 Å². The van der Waals surface area contributed by atoms with Crippen LogP contribution in [-0.4, -0.2) is 30.7 Å². The molecule has 1 saturated carbocycles. The predicted molar refractivity (Wildman–Crippen MR) is 80.3 cm³/mol. The van der Waals surface area contributed by atoms with Gasteiger partial charge >= 0.3 is 0 Å². The van der Waals surface area contributed by atoms with Crippen LogP contribution in [-0.2, 0) is 9.53 Å². The molecule has 1 aliphatic carbocycles. The van der Waals surface area contributed by atoms with Gasteiger partial charge in [0.1, 0.15) is 0 Å². The minimum Gasteiger partial charge on any atom is -0.375 e. The van der Waals surface area contributed by atoms with Crippen LogP contribution < -0.4 is 11.1 Å². The smallest absolute Gasteiger partial charge is 0.227 e. The quantitative estimate of drug-likeness (QED) is 0.812. The van der Waals surface area contributed by atoms with Gasteiger partial charge in [0.05, 0.1) is 11.0 Å². The van der Waals surface area contributed by atoms with E-state index in [1.807, 2.05) is 0 Å². The number of carbonyl (C=O) groups excluding carboxylic acids is 1. The number of hydrogen-bond donors (Lipinski definition) is 2. The van der Waals surface area contributed by atoms with E-state index in [0.717, 1.165) is 45.1 Å². The zero-order valence-corrected chi connectivity index (χ0v) is 13.2. The molecular formula is C16H30N2O2. The van der Waals surface area contributed by atoms with Crippen molar-refractivity contribution < 1.29 is 9.53 Å². The molecule has 20 heavy (non-hydrogen) atoms. The summed E-state index contributed by atoms with van der Waals surface area (Å²) in [5, 5.41) is 3.26. The third kappa shape index (κ3) is 2.86. The van der Waals surface area contributed by atoms with Gasteiger partial charge in [0.2, 0.25) is 5.91 Å². The summed E-state index contributed by atoms with van der Waals surface area (Å²) in [5.74, 6) is 0.801. The van der Waals surface area contributed by atoms with Crippen LogP contribution in [0.3, 0.4) is 0 Å². The number of nitrogens with two attached hydrogens (primary N) is 1. The number of amides is 1. The van der Waals surface area contributed by atoms with Crippen LogP contribution in [0, 0.1) is 11.3 Å². The largest absolute Gasteiger partial charge is 0.375 e. The van der Waals surface area contributed by atoms with E-state index in [4.69, 9.17) is 10.5 Å². The van der Waals surface area contributed by atoms with Gasteiger partial charge in [-0.2, -0.15) is 0 Å². The summed E-state index contributed by atoms with van der Waals surface area (Å²) in [6.07, 6.45) is 5.74. The summed E-state index contributed by atoms with van der Waals surface area (Å²) in [6.45, 7) is 7.75. The minimum absolute atomic E-state index is 0.0427. The van der Waals surface area contributed by atoms with Crippen LogP contribution in [0.1, 0.15) is 59.3 Å². The lowest BCUT2D eigenvalue weighted by Crippen LogP contribution is -2.57. The van der Waals surface area contributed by atoms with E-state index in [2.05, 4.69) is 26.1 Å². The molecular weight excluding hydrogens is 252 g/mol. The lowest BCUT2D eigenvalue weighted by molar-refractivity contribution is -0.142. The molecule has 0 aromatic rings. The second-order valence-corrected chi connectivity index (χ2v) is 6.90. The van der Waals surface area contributed by atoms with Crippen molar-refractivity contribution in [2.45, 2.75) is 70.9 Å². The van der Waals surface area contributed by atoms with Crippen molar-refractivity contribution >= 4 is 5.91 Å². The third-order valence-corrected chi connectivity index (χ3v) is 5.47. The zero-order valence-electron chi connectivity index (χ0n) is 13.2. The summed E-state index contributed by atoms with van der Waals surface area (Å²) in [7, 11) is 0. The van der Waals surface area contributed by atoms with E-state index in [9.17, 15) is 4.79 Å². The molecule has 2 aliphatic rings. The molecule has 2 rings (SSSR count). The van der Waals surface area contributed by atoms with Gasteiger partial charge in [-0.15, -0.1) is 0 Å². The molecule has 116 valence electrons. The van der Waals surface area contributed by atoms with Gasteiger partial charge < -0.3 is 15.8 Å². The van der Waals surface area contributed by atoms with Crippen molar-refractivity contribution in [3.05, 3.63) is 0 Å². The predicted octanol–water partition coefficient (Wildman–Crippen LogP) is 2.22. The highest BCUT2D eigenvalue weighted by atomic mass is 16.5. The number of nitrogens with one attached hydrogen (secondary N) is 1. The van der Waals surface area contributed by atoms with Crippen LogP contribution in [0.4, 0.5) is 0 Å². The molecule has 0 radical (unpaired) electrons. The summed E-state index contributed by atoms with van der Waals surface area (Å²) in [5.41, 5.74) is 5.52. The number of ether oxygens (including phenoxy) is 1. The van der Waals surface area contributed by atoms with Crippen molar-refractivity contribution in [3.8, 4) is 0 Å². The van der Waals surface area contributed by atoms with Gasteiger partial charge in [-0.05, 0) is 44.4 Å². The fraction of sp³-hybridized carbons (Fsp3) is 0.938. The van der Waals surface area contributed by atoms with Crippen LogP contribution >= 0.6 is 0 Å². The van der Waals surface area contributed by atoms with E-state index >= 15 is 0 Å². The highest BCUT2D eigenvalue weighted by Crippen LogP contribution is 2.45. The van der Waals surface area contributed by atoms with Crippen molar-refractivity contribution in [1.82, 2.24) is 5.32 Å². The Kier molecular flexibility index (Phi) is 4.75. The molecule has 1 amide bonds. The summed E-state index contributed by atoms with van der Waals surface area (Å²) >= 11 is 0. The molecule has 0 aromatic carbocycles. The Bertz CT molecular complexity index is 346. The van der Waals surface area contributed by atoms with Crippen molar-refractivity contribution in [2.75, 3.05) is 13.2 Å². The van der Waals surface area contributed by atoms with Gasteiger partial charge in [-0.1, -0.05) is 20.8 Å². The average molecular weight is 282 g/mol. The Hall–Kier alpha value is -0.610. The van der Waals surface area contributed by atoms with Gasteiger partial charge in [-0.25, -0.2) is 0 Å². The van der Waals surface area contributed by atoms with Gasteiger partial charge in [0.15, 0.2) is 0 Å². The Labute approximate surface area is 122 Å². The highest BCUT2D eigenvalue weighted by molar-refractivity contribution is 5.84. The standard InChI is InChI=1S/C16H30N2O2/c1-4-16(5-2)10-13(6-7-20-16)18-14(19)15(11-17)8-12(3)9-15/h12-13H,4-11,17H2,1-3H3,(H,18,19). The first-order chi connectivity index (χ1) is 9.49. The van der Waals surface area contributed by atoms with Gasteiger partial charge in [0.25, 0.3) is 0 Å². The summed E-state index contributed by atoms with van der Waals surface area (Å²) < 4.78 is 5.97. The molecule has 2 fully saturated rings.